The summed E-state index contributed by atoms with van der Waals surface area (Å²) in [6.07, 6.45) is 13.7. The van der Waals surface area contributed by atoms with Crippen molar-refractivity contribution in [2.75, 3.05) is 41.7 Å². The van der Waals surface area contributed by atoms with Crippen LogP contribution < -0.4 is 28.4 Å². The van der Waals surface area contributed by atoms with E-state index < -0.39 is 0 Å². The molecule has 0 saturated carbocycles. The Balaban J connectivity index is 1.45. The number of methoxy groups -OCH3 is 4. The molecular formula is C49H48BrN5O6. The van der Waals surface area contributed by atoms with Gasteiger partial charge in [0.25, 0.3) is 0 Å². The lowest BCUT2D eigenvalue weighted by molar-refractivity contribution is 0.270. The third-order valence-electron chi connectivity index (χ3n) is 10.6. The lowest BCUT2D eigenvalue weighted by Gasteiger charge is -2.16. The van der Waals surface area contributed by atoms with E-state index in [0.717, 1.165) is 109 Å². The van der Waals surface area contributed by atoms with Gasteiger partial charge in [0.05, 0.1) is 85.6 Å². The Morgan fingerprint density at radius 3 is 1.41 bits per heavy atom. The summed E-state index contributed by atoms with van der Waals surface area (Å²) in [5.41, 5.74) is 11.2. The Morgan fingerprint density at radius 1 is 0.525 bits per heavy atom. The molecule has 2 aliphatic rings. The van der Waals surface area contributed by atoms with Crippen LogP contribution in [0, 0.1) is 0 Å². The van der Waals surface area contributed by atoms with Crippen LogP contribution in [-0.4, -0.2) is 66.6 Å². The predicted octanol–water partition coefficient (Wildman–Crippen LogP) is 12.2. The van der Waals surface area contributed by atoms with Crippen molar-refractivity contribution < 1.29 is 28.4 Å². The van der Waals surface area contributed by atoms with E-state index in [9.17, 15) is 0 Å². The number of fused-ring (bicyclic) bond motifs is 8. The predicted molar refractivity (Wildman–Crippen MR) is 248 cm³/mol. The van der Waals surface area contributed by atoms with Gasteiger partial charge >= 0.3 is 0 Å². The van der Waals surface area contributed by atoms with E-state index in [1.165, 1.54) is 0 Å². The first-order chi connectivity index (χ1) is 29.9. The summed E-state index contributed by atoms with van der Waals surface area (Å²) in [7, 11) is 6.56. The summed E-state index contributed by atoms with van der Waals surface area (Å²) in [5, 5.41) is 0. The normalized spacial score (nSPS) is 11.8. The Kier molecular flexibility index (Phi) is 12.4. The van der Waals surface area contributed by atoms with E-state index in [4.69, 9.17) is 43.4 Å². The van der Waals surface area contributed by atoms with Gasteiger partial charge in [0.2, 0.25) is 11.5 Å². The first-order valence-electron chi connectivity index (χ1n) is 20.4. The second-order valence-corrected chi connectivity index (χ2v) is 15.3. The number of rotatable bonds is 15. The van der Waals surface area contributed by atoms with Gasteiger partial charge in [0.1, 0.15) is 0 Å². The summed E-state index contributed by atoms with van der Waals surface area (Å²) in [6.45, 7) is 5.35. The summed E-state index contributed by atoms with van der Waals surface area (Å²) in [6, 6.07) is 22.0. The Morgan fingerprint density at radius 2 is 0.951 bits per heavy atom. The number of hydrogen-bond donors (Lipinski definition) is 2. The van der Waals surface area contributed by atoms with Crippen molar-refractivity contribution >= 4 is 62.3 Å². The quantitative estimate of drug-likeness (QED) is 0.0968. The molecule has 2 aromatic carbocycles. The molecule has 2 N–H and O–H groups in total. The standard InChI is InChI=1S/C49H48BrN5O6/c1-7-9-23-60-48-40(56-3)25-29(26-41(48)57-4)44-32-14-16-36(52-32)46(31-13-11-12-22-51-31)37-17-15-33(53-37)45(35-19-21-39(55-35)47(50)38-20-18-34(44)54-38)30-27-42(58-5)49(43(28-30)59-6)61-24-10-8-2/h11-22,25-28,52,55H,7-10,23-24H2,1-6H3. The van der Waals surface area contributed by atoms with Crippen LogP contribution in [0.4, 0.5) is 0 Å². The number of benzene rings is 2. The zero-order valence-electron chi connectivity index (χ0n) is 35.1. The summed E-state index contributed by atoms with van der Waals surface area (Å²) < 4.78 is 36.9. The molecule has 12 heteroatoms. The molecule has 0 unspecified atom stereocenters. The SMILES string of the molecule is CCCCOc1c(OC)cc(-c2c3nc(c(-c4ccccn4)c4ccc([nH]4)c(-c4cc(OC)c(OCCCC)c(OC)c4)c4nc(c(Br)c5ccc2[nH]5)C=C4)C=C3)cc1OC. The fourth-order valence-corrected chi connectivity index (χ4v) is 7.98. The molecule has 0 fully saturated rings. The topological polar surface area (TPSA) is 126 Å². The van der Waals surface area contributed by atoms with Gasteiger partial charge in [0.15, 0.2) is 23.0 Å². The number of halogens is 1. The van der Waals surface area contributed by atoms with Gasteiger partial charge in [-0.1, -0.05) is 32.8 Å². The molecule has 6 heterocycles. The van der Waals surface area contributed by atoms with Crippen LogP contribution in [0.25, 0.3) is 79.9 Å². The van der Waals surface area contributed by atoms with Crippen LogP contribution in [0.5, 0.6) is 34.5 Å². The highest BCUT2D eigenvalue weighted by molar-refractivity contribution is 9.10. The van der Waals surface area contributed by atoms with Crippen LogP contribution >= 0.6 is 15.9 Å². The molecule has 0 aliphatic carbocycles. The maximum absolute atomic E-state index is 6.20. The average molecular weight is 883 g/mol. The van der Waals surface area contributed by atoms with E-state index >= 15 is 0 Å². The van der Waals surface area contributed by atoms with Crippen LogP contribution in [0.3, 0.4) is 0 Å². The Bertz CT molecular complexity index is 2690. The smallest absolute Gasteiger partial charge is 0.203 e. The van der Waals surface area contributed by atoms with Gasteiger partial charge in [0, 0.05) is 33.9 Å². The number of pyridine rings is 1. The van der Waals surface area contributed by atoms with E-state index in [0.29, 0.717) is 47.7 Å². The second kappa shape index (κ2) is 18.4. The van der Waals surface area contributed by atoms with E-state index in [1.807, 2.05) is 78.9 Å². The highest BCUT2D eigenvalue weighted by Gasteiger charge is 2.23. The van der Waals surface area contributed by atoms with Crippen molar-refractivity contribution in [2.45, 2.75) is 39.5 Å². The maximum Gasteiger partial charge on any atom is 0.203 e. The van der Waals surface area contributed by atoms with E-state index in [-0.39, 0.29) is 0 Å². The Labute approximate surface area is 363 Å². The van der Waals surface area contributed by atoms with Crippen molar-refractivity contribution in [1.82, 2.24) is 24.9 Å². The molecule has 0 spiro atoms. The lowest BCUT2D eigenvalue weighted by Crippen LogP contribution is -2.02. The van der Waals surface area contributed by atoms with Crippen molar-refractivity contribution in [1.29, 1.82) is 0 Å². The summed E-state index contributed by atoms with van der Waals surface area (Å²) >= 11 is 3.91. The molecule has 0 atom stereocenters. The van der Waals surface area contributed by atoms with Crippen molar-refractivity contribution in [2.24, 2.45) is 0 Å². The van der Waals surface area contributed by atoms with Crippen molar-refractivity contribution in [3.63, 3.8) is 0 Å². The van der Waals surface area contributed by atoms with Crippen LogP contribution in [0.15, 0.2) is 77.4 Å². The van der Waals surface area contributed by atoms with Crippen LogP contribution in [0.1, 0.15) is 62.3 Å². The highest BCUT2D eigenvalue weighted by atomic mass is 79.9. The summed E-state index contributed by atoms with van der Waals surface area (Å²) in [4.78, 5) is 22.8. The fourth-order valence-electron chi connectivity index (χ4n) is 7.53. The first-order valence-corrected chi connectivity index (χ1v) is 21.2. The highest BCUT2D eigenvalue weighted by Crippen LogP contribution is 2.46. The molecule has 0 amide bonds. The molecular weight excluding hydrogens is 834 g/mol. The molecule has 4 aromatic heterocycles. The van der Waals surface area contributed by atoms with Crippen molar-refractivity contribution in [3.8, 4) is 68.0 Å². The largest absolute Gasteiger partial charge is 0.493 e. The fraction of sp³-hybridized carbons (Fsp3) is 0.245. The number of aromatic nitrogens is 5. The molecule has 6 aromatic rings. The minimum absolute atomic E-state index is 0.544. The number of aromatic amines is 2. The average Bonchev–Trinajstić information content (AvgIpc) is 4.14. The van der Waals surface area contributed by atoms with Gasteiger partial charge in [-0.15, -0.1) is 0 Å². The van der Waals surface area contributed by atoms with Crippen LogP contribution in [0.2, 0.25) is 0 Å². The molecule has 8 bridgehead atoms. The van der Waals surface area contributed by atoms with Gasteiger partial charge in [-0.2, -0.15) is 0 Å². The number of ether oxygens (including phenoxy) is 6. The first kappa shape index (κ1) is 41.2. The minimum Gasteiger partial charge on any atom is -0.493 e. The molecule has 11 nitrogen and oxygen atoms in total. The zero-order chi connectivity index (χ0) is 42.5. The molecule has 0 saturated heterocycles. The minimum atomic E-state index is 0.544. The van der Waals surface area contributed by atoms with Crippen molar-refractivity contribution in [3.05, 3.63) is 100 Å². The monoisotopic (exact) mass is 881 g/mol. The number of nitrogens with zero attached hydrogens (tertiary/aromatic N) is 3. The number of unbranched alkanes of at least 4 members (excludes halogenated alkanes) is 2. The van der Waals surface area contributed by atoms with Crippen LogP contribution in [-0.2, 0) is 0 Å². The molecule has 312 valence electrons. The number of hydrogen-bond acceptors (Lipinski definition) is 9. The molecule has 2 aliphatic heterocycles. The summed E-state index contributed by atoms with van der Waals surface area (Å²) in [5.74, 6) is 3.37. The van der Waals surface area contributed by atoms with Gasteiger partial charge in [-0.3, -0.25) is 4.98 Å². The molecule has 8 rings (SSSR count). The lowest BCUT2D eigenvalue weighted by atomic mass is 10.0. The van der Waals surface area contributed by atoms with E-state index in [1.54, 1.807) is 34.6 Å². The van der Waals surface area contributed by atoms with E-state index in [2.05, 4.69) is 51.9 Å². The molecule has 61 heavy (non-hydrogen) atoms. The zero-order valence-corrected chi connectivity index (χ0v) is 36.7. The number of H-pyrrole nitrogens is 2. The Hall–Kier alpha value is -6.53. The number of nitrogens with one attached hydrogen (secondary N) is 2. The third-order valence-corrected chi connectivity index (χ3v) is 11.4. The second-order valence-electron chi connectivity index (χ2n) is 14.5. The van der Waals surface area contributed by atoms with Gasteiger partial charge in [-0.25, -0.2) is 9.97 Å². The molecule has 0 radical (unpaired) electrons. The van der Waals surface area contributed by atoms with Gasteiger partial charge in [-0.05, 0) is 125 Å². The van der Waals surface area contributed by atoms with Gasteiger partial charge < -0.3 is 38.4 Å². The third kappa shape index (κ3) is 8.20. The maximum atomic E-state index is 6.20.